The Morgan fingerprint density at radius 1 is 0.610 bits per heavy atom. The fraction of sp³-hybridized carbons (Fsp3) is 0.133. The summed E-state index contributed by atoms with van der Waals surface area (Å²) in [6.45, 7) is 1.81. The van der Waals surface area contributed by atoms with Crippen molar-refractivity contribution in [2.24, 2.45) is 0 Å². The molecular formula is C30H16F10O. The van der Waals surface area contributed by atoms with Crippen LogP contribution in [0.25, 0.3) is 32.7 Å². The van der Waals surface area contributed by atoms with Crippen LogP contribution in [0.1, 0.15) is 24.5 Å². The minimum absolute atomic E-state index is 0.376. The summed E-state index contributed by atoms with van der Waals surface area (Å²) in [5.41, 5.74) is -1.87. The van der Waals surface area contributed by atoms with Crippen LogP contribution in [0.15, 0.2) is 54.6 Å². The van der Waals surface area contributed by atoms with Crippen molar-refractivity contribution in [3.8, 4) is 16.9 Å². The molecule has 0 aromatic heterocycles. The Kier molecular flexibility index (Phi) is 7.08. The van der Waals surface area contributed by atoms with Crippen LogP contribution in [-0.2, 0) is 12.5 Å². The molecule has 0 unspecified atom stereocenters. The van der Waals surface area contributed by atoms with Crippen LogP contribution in [0.3, 0.4) is 0 Å². The van der Waals surface area contributed by atoms with E-state index >= 15 is 13.2 Å². The summed E-state index contributed by atoms with van der Waals surface area (Å²) in [5.74, 6) is -14.7. The lowest BCUT2D eigenvalue weighted by Crippen LogP contribution is -2.24. The molecule has 0 bridgehead atoms. The van der Waals surface area contributed by atoms with E-state index in [2.05, 4.69) is 4.74 Å². The van der Waals surface area contributed by atoms with Crippen LogP contribution in [0.2, 0.25) is 0 Å². The molecule has 0 aliphatic rings. The first-order chi connectivity index (χ1) is 19.3. The molecule has 0 amide bonds. The normalized spacial score (nSPS) is 12.0. The molecule has 0 N–H and O–H groups in total. The Bertz CT molecular complexity index is 1850. The number of halogens is 10. The Labute approximate surface area is 225 Å². The van der Waals surface area contributed by atoms with E-state index in [9.17, 15) is 30.7 Å². The van der Waals surface area contributed by atoms with Crippen LogP contribution in [0.4, 0.5) is 43.9 Å². The van der Waals surface area contributed by atoms with Gasteiger partial charge in [-0.25, -0.2) is 35.1 Å². The molecule has 0 fully saturated rings. The number of aryl methyl sites for hydroxylation is 1. The average molecular weight is 582 g/mol. The van der Waals surface area contributed by atoms with E-state index in [-0.39, 0.29) is 5.39 Å². The summed E-state index contributed by atoms with van der Waals surface area (Å²) in [6.07, 6.45) is -3.34. The molecule has 5 aromatic carbocycles. The largest absolute Gasteiger partial charge is 0.429 e. The Morgan fingerprint density at radius 2 is 1.32 bits per heavy atom. The summed E-state index contributed by atoms with van der Waals surface area (Å²) in [7, 11) is 0. The van der Waals surface area contributed by atoms with E-state index in [4.69, 9.17) is 0 Å². The van der Waals surface area contributed by atoms with E-state index in [0.29, 0.717) is 36.6 Å². The number of ether oxygens (including phenoxy) is 1. The first-order valence-electron chi connectivity index (χ1n) is 12.1. The number of rotatable bonds is 6. The maximum Gasteiger partial charge on any atom is 0.429 e. The fourth-order valence-electron chi connectivity index (χ4n) is 4.63. The lowest BCUT2D eigenvalue weighted by molar-refractivity contribution is -0.188. The highest BCUT2D eigenvalue weighted by Crippen LogP contribution is 2.40. The van der Waals surface area contributed by atoms with Crippen LogP contribution >= 0.6 is 0 Å². The molecule has 212 valence electrons. The molecule has 0 spiro atoms. The number of alkyl halides is 2. The van der Waals surface area contributed by atoms with Gasteiger partial charge in [-0.2, -0.15) is 8.78 Å². The van der Waals surface area contributed by atoms with Gasteiger partial charge in [0.2, 0.25) is 0 Å². The van der Waals surface area contributed by atoms with E-state index in [1.165, 1.54) is 6.07 Å². The predicted molar refractivity (Wildman–Crippen MR) is 132 cm³/mol. The maximum absolute atomic E-state index is 15.2. The molecule has 1 nitrogen and oxygen atoms in total. The van der Waals surface area contributed by atoms with Crippen molar-refractivity contribution < 1.29 is 48.6 Å². The summed E-state index contributed by atoms with van der Waals surface area (Å²) < 4.78 is 150. The molecular weight excluding hydrogens is 566 g/mol. The lowest BCUT2D eigenvalue weighted by atomic mass is 9.96. The zero-order chi connectivity index (χ0) is 29.8. The fourth-order valence-corrected chi connectivity index (χ4v) is 4.63. The highest BCUT2D eigenvalue weighted by Gasteiger charge is 2.39. The molecule has 5 aromatic rings. The quantitative estimate of drug-likeness (QED) is 0.143. The molecule has 41 heavy (non-hydrogen) atoms. The number of fused-ring (bicyclic) bond motifs is 2. The van der Waals surface area contributed by atoms with Crippen molar-refractivity contribution in [3.05, 3.63) is 112 Å². The molecule has 11 heteroatoms. The van der Waals surface area contributed by atoms with Gasteiger partial charge in [-0.05, 0) is 70.8 Å². The molecule has 0 aliphatic carbocycles. The molecule has 0 saturated heterocycles. The van der Waals surface area contributed by atoms with Gasteiger partial charge in [-0.3, -0.25) is 0 Å². The second-order valence-corrected chi connectivity index (χ2v) is 9.25. The zero-order valence-electron chi connectivity index (χ0n) is 20.8. The average Bonchev–Trinajstić information content (AvgIpc) is 2.90. The van der Waals surface area contributed by atoms with E-state index < -0.39 is 91.2 Å². The first kappa shape index (κ1) is 28.3. The number of hydrogen-bond acceptors (Lipinski definition) is 1. The van der Waals surface area contributed by atoms with Crippen LogP contribution < -0.4 is 4.74 Å². The summed E-state index contributed by atoms with van der Waals surface area (Å²) >= 11 is 0. The van der Waals surface area contributed by atoms with Crippen molar-refractivity contribution in [1.29, 1.82) is 0 Å². The smallest absolute Gasteiger partial charge is 0.426 e. The van der Waals surface area contributed by atoms with Crippen molar-refractivity contribution in [3.63, 3.8) is 0 Å². The third-order valence-electron chi connectivity index (χ3n) is 6.55. The molecule has 0 aliphatic heterocycles. The van der Waals surface area contributed by atoms with Crippen LogP contribution in [-0.4, -0.2) is 0 Å². The van der Waals surface area contributed by atoms with Gasteiger partial charge in [0.25, 0.3) is 0 Å². The third kappa shape index (κ3) is 4.83. The summed E-state index contributed by atoms with van der Waals surface area (Å²) in [5, 5.41) is -2.92. The van der Waals surface area contributed by atoms with E-state index in [1.807, 2.05) is 6.92 Å². The van der Waals surface area contributed by atoms with Crippen LogP contribution in [0.5, 0.6) is 5.75 Å². The molecule has 0 saturated carbocycles. The first-order valence-corrected chi connectivity index (χ1v) is 12.1. The van der Waals surface area contributed by atoms with Gasteiger partial charge in [0.1, 0.15) is 11.6 Å². The zero-order valence-corrected chi connectivity index (χ0v) is 20.8. The number of hydrogen-bond donors (Lipinski definition) is 0. The minimum Gasteiger partial charge on any atom is -0.426 e. The monoisotopic (exact) mass is 582 g/mol. The second-order valence-electron chi connectivity index (χ2n) is 9.25. The highest BCUT2D eigenvalue weighted by molar-refractivity contribution is 5.93. The second kappa shape index (κ2) is 10.3. The topological polar surface area (TPSA) is 9.23 Å². The molecule has 0 radical (unpaired) electrons. The standard InChI is InChI=1S/C30H16F10O/c1-2-3-13-4-6-18(19(31)8-13)30(39,40)41-22-7-5-14-10-17(25(34)29(38)24(14)27(22)36)15-9-16-12-21(33)26(35)28(37)23(16)20(32)11-15/h4-12H,2-3H2,1H3. The lowest BCUT2D eigenvalue weighted by Gasteiger charge is -2.20. The van der Waals surface area contributed by atoms with Gasteiger partial charge in [-0.15, -0.1) is 0 Å². The Hall–Kier alpha value is -4.28. The maximum atomic E-state index is 15.2. The Morgan fingerprint density at radius 3 is 2.00 bits per heavy atom. The number of benzene rings is 5. The Balaban J connectivity index is 1.58. The van der Waals surface area contributed by atoms with Crippen molar-refractivity contribution in [1.82, 2.24) is 0 Å². The van der Waals surface area contributed by atoms with Crippen molar-refractivity contribution in [2.75, 3.05) is 0 Å². The van der Waals surface area contributed by atoms with Crippen molar-refractivity contribution in [2.45, 2.75) is 25.9 Å². The molecule has 0 heterocycles. The van der Waals surface area contributed by atoms with Gasteiger partial charge in [0.15, 0.2) is 40.7 Å². The van der Waals surface area contributed by atoms with Gasteiger partial charge in [0, 0.05) is 5.56 Å². The summed E-state index contributed by atoms with van der Waals surface area (Å²) in [6, 6.07) is 7.22. The SMILES string of the molecule is CCCc1ccc(C(F)(F)Oc2ccc3cc(-c4cc(F)c5c(F)c(F)c(F)cc5c4)c(F)c(F)c3c2F)c(F)c1. The van der Waals surface area contributed by atoms with E-state index in [0.717, 1.165) is 30.3 Å². The predicted octanol–water partition coefficient (Wildman–Crippen LogP) is 9.85. The van der Waals surface area contributed by atoms with Crippen molar-refractivity contribution >= 4 is 21.5 Å². The molecule has 0 atom stereocenters. The van der Waals surface area contributed by atoms with Gasteiger partial charge < -0.3 is 4.74 Å². The third-order valence-corrected chi connectivity index (χ3v) is 6.55. The van der Waals surface area contributed by atoms with Gasteiger partial charge in [-0.1, -0.05) is 25.5 Å². The minimum atomic E-state index is -4.40. The highest BCUT2D eigenvalue weighted by atomic mass is 19.3. The van der Waals surface area contributed by atoms with Gasteiger partial charge in [0.05, 0.1) is 16.3 Å². The molecule has 5 rings (SSSR count). The van der Waals surface area contributed by atoms with Crippen LogP contribution in [0, 0.1) is 46.5 Å². The van der Waals surface area contributed by atoms with Gasteiger partial charge >= 0.3 is 6.11 Å². The summed E-state index contributed by atoms with van der Waals surface area (Å²) in [4.78, 5) is 0. The van der Waals surface area contributed by atoms with E-state index in [1.54, 1.807) is 0 Å².